The molecule has 0 aliphatic carbocycles. The molecular weight excluding hydrogens is 379 g/mol. The molecule has 1 N–H and O–H groups in total. The SMILES string of the molecule is CNC(=O)C(C)N(Cc1ccccc1F)C(=O)CSCc1ccc(OC)cc1. The standard InChI is InChI=1S/C21H25FN2O3S/c1-15(21(26)23-2)24(12-17-6-4-5-7-19(17)22)20(25)14-28-13-16-8-10-18(27-3)11-9-16/h4-11,15H,12-14H2,1-3H3,(H,23,26). The fourth-order valence-corrected chi connectivity index (χ4v) is 3.53. The van der Waals surface area contributed by atoms with Crippen LogP contribution in [0.4, 0.5) is 4.39 Å². The van der Waals surface area contributed by atoms with Crippen molar-refractivity contribution in [3.8, 4) is 5.75 Å². The van der Waals surface area contributed by atoms with Gasteiger partial charge in [-0.1, -0.05) is 30.3 Å². The predicted octanol–water partition coefficient (Wildman–Crippen LogP) is 3.23. The number of carbonyl (C=O) groups excluding carboxylic acids is 2. The van der Waals surface area contributed by atoms with E-state index < -0.39 is 11.9 Å². The van der Waals surface area contributed by atoms with Crippen LogP contribution in [0.5, 0.6) is 5.75 Å². The first-order chi connectivity index (χ1) is 13.5. The fourth-order valence-electron chi connectivity index (χ4n) is 2.66. The molecule has 1 unspecified atom stereocenters. The number of nitrogens with one attached hydrogen (secondary N) is 1. The lowest BCUT2D eigenvalue weighted by Crippen LogP contribution is -2.47. The molecule has 0 spiro atoms. The van der Waals surface area contributed by atoms with E-state index in [1.807, 2.05) is 24.3 Å². The summed E-state index contributed by atoms with van der Waals surface area (Å²) in [7, 11) is 3.13. The topological polar surface area (TPSA) is 58.6 Å². The maximum absolute atomic E-state index is 14.0. The molecule has 0 saturated heterocycles. The van der Waals surface area contributed by atoms with E-state index in [4.69, 9.17) is 4.74 Å². The van der Waals surface area contributed by atoms with Crippen molar-refractivity contribution < 1.29 is 18.7 Å². The molecule has 0 heterocycles. The minimum Gasteiger partial charge on any atom is -0.497 e. The molecule has 1 atom stereocenters. The van der Waals surface area contributed by atoms with Crippen molar-refractivity contribution >= 4 is 23.6 Å². The highest BCUT2D eigenvalue weighted by Crippen LogP contribution is 2.19. The van der Waals surface area contributed by atoms with Crippen LogP contribution in [-0.2, 0) is 21.9 Å². The number of carbonyl (C=O) groups is 2. The highest BCUT2D eigenvalue weighted by atomic mass is 32.2. The molecule has 2 aromatic rings. The molecule has 0 radical (unpaired) electrons. The average molecular weight is 405 g/mol. The molecule has 0 fully saturated rings. The van der Waals surface area contributed by atoms with Crippen molar-refractivity contribution in [2.45, 2.75) is 25.3 Å². The maximum Gasteiger partial charge on any atom is 0.242 e. The first-order valence-electron chi connectivity index (χ1n) is 8.91. The summed E-state index contributed by atoms with van der Waals surface area (Å²) in [6.45, 7) is 1.69. The molecule has 7 heteroatoms. The minimum absolute atomic E-state index is 0.0448. The van der Waals surface area contributed by atoms with Crippen LogP contribution in [0.25, 0.3) is 0 Å². The molecule has 2 rings (SSSR count). The summed E-state index contributed by atoms with van der Waals surface area (Å²) in [5.41, 5.74) is 1.45. The molecule has 5 nitrogen and oxygen atoms in total. The lowest BCUT2D eigenvalue weighted by molar-refractivity contribution is -0.138. The average Bonchev–Trinajstić information content (AvgIpc) is 2.72. The first kappa shape index (κ1) is 21.8. The van der Waals surface area contributed by atoms with Gasteiger partial charge in [0.25, 0.3) is 0 Å². The summed E-state index contributed by atoms with van der Waals surface area (Å²) in [5.74, 6) is 0.734. The molecular formula is C21H25FN2O3S. The van der Waals surface area contributed by atoms with Gasteiger partial charge in [0.15, 0.2) is 0 Å². The third kappa shape index (κ3) is 5.99. The number of hydrogen-bond donors (Lipinski definition) is 1. The van der Waals surface area contributed by atoms with Gasteiger partial charge in [0, 0.05) is 24.9 Å². The van der Waals surface area contributed by atoms with E-state index in [0.29, 0.717) is 11.3 Å². The summed E-state index contributed by atoms with van der Waals surface area (Å²) in [5, 5.41) is 2.55. The smallest absolute Gasteiger partial charge is 0.242 e. The van der Waals surface area contributed by atoms with Gasteiger partial charge in [-0.15, -0.1) is 11.8 Å². The molecule has 0 aliphatic rings. The lowest BCUT2D eigenvalue weighted by Gasteiger charge is -2.28. The Hall–Kier alpha value is -2.54. The summed E-state index contributed by atoms with van der Waals surface area (Å²) in [6.07, 6.45) is 0. The number of hydrogen-bond acceptors (Lipinski definition) is 4. The van der Waals surface area contributed by atoms with E-state index in [2.05, 4.69) is 5.32 Å². The van der Waals surface area contributed by atoms with Crippen molar-refractivity contribution in [2.75, 3.05) is 19.9 Å². The van der Waals surface area contributed by atoms with Crippen molar-refractivity contribution in [3.05, 3.63) is 65.5 Å². The van der Waals surface area contributed by atoms with Gasteiger partial charge in [0.2, 0.25) is 11.8 Å². The van der Waals surface area contributed by atoms with Crippen molar-refractivity contribution in [3.63, 3.8) is 0 Å². The van der Waals surface area contributed by atoms with Gasteiger partial charge < -0.3 is 15.0 Å². The Morgan fingerprint density at radius 1 is 1.18 bits per heavy atom. The van der Waals surface area contributed by atoms with E-state index in [1.54, 1.807) is 32.2 Å². The second-order valence-corrected chi connectivity index (χ2v) is 7.23. The summed E-state index contributed by atoms with van der Waals surface area (Å²) >= 11 is 1.45. The number of rotatable bonds is 9. The van der Waals surface area contributed by atoms with E-state index in [0.717, 1.165) is 11.3 Å². The van der Waals surface area contributed by atoms with Gasteiger partial charge in [0.1, 0.15) is 17.6 Å². The van der Waals surface area contributed by atoms with Gasteiger partial charge in [-0.05, 0) is 30.7 Å². The Morgan fingerprint density at radius 2 is 1.86 bits per heavy atom. The summed E-state index contributed by atoms with van der Waals surface area (Å²) in [6, 6.07) is 13.2. The van der Waals surface area contributed by atoms with Crippen LogP contribution in [0.15, 0.2) is 48.5 Å². The zero-order valence-electron chi connectivity index (χ0n) is 16.3. The predicted molar refractivity (Wildman–Crippen MR) is 110 cm³/mol. The molecule has 0 aromatic heterocycles. The second kappa shape index (κ2) is 10.7. The monoisotopic (exact) mass is 404 g/mol. The first-order valence-corrected chi connectivity index (χ1v) is 10.1. The Labute approximate surface area is 169 Å². The third-order valence-electron chi connectivity index (χ3n) is 4.37. The van der Waals surface area contributed by atoms with E-state index in [1.165, 1.54) is 29.8 Å². The zero-order valence-corrected chi connectivity index (χ0v) is 17.1. The largest absolute Gasteiger partial charge is 0.497 e. The number of amides is 2. The molecule has 150 valence electrons. The molecule has 28 heavy (non-hydrogen) atoms. The lowest BCUT2D eigenvalue weighted by atomic mass is 10.1. The zero-order chi connectivity index (χ0) is 20.5. The van der Waals surface area contributed by atoms with Crippen molar-refractivity contribution in [2.24, 2.45) is 0 Å². The fraction of sp³-hybridized carbons (Fsp3) is 0.333. The highest BCUT2D eigenvalue weighted by Gasteiger charge is 2.26. The normalized spacial score (nSPS) is 11.6. The van der Waals surface area contributed by atoms with Crippen LogP contribution in [-0.4, -0.2) is 42.7 Å². The number of likely N-dealkylation sites (N-methyl/N-ethyl adjacent to an activating group) is 1. The number of methoxy groups -OCH3 is 1. The summed E-state index contributed by atoms with van der Waals surface area (Å²) in [4.78, 5) is 26.3. The number of nitrogens with zero attached hydrogens (tertiary/aromatic N) is 1. The number of benzene rings is 2. The van der Waals surface area contributed by atoms with Gasteiger partial charge in [-0.25, -0.2) is 4.39 Å². The van der Waals surface area contributed by atoms with Gasteiger partial charge >= 0.3 is 0 Å². The van der Waals surface area contributed by atoms with Crippen molar-refractivity contribution in [1.82, 2.24) is 10.2 Å². The van der Waals surface area contributed by atoms with Gasteiger partial charge in [-0.2, -0.15) is 0 Å². The van der Waals surface area contributed by atoms with Crippen LogP contribution in [0.3, 0.4) is 0 Å². The molecule has 2 aromatic carbocycles. The van der Waals surface area contributed by atoms with E-state index >= 15 is 0 Å². The van der Waals surface area contributed by atoms with Gasteiger partial charge in [0.05, 0.1) is 12.9 Å². The molecule has 0 saturated carbocycles. The van der Waals surface area contributed by atoms with Crippen LogP contribution in [0.2, 0.25) is 0 Å². The maximum atomic E-state index is 14.0. The van der Waals surface area contributed by atoms with Gasteiger partial charge in [-0.3, -0.25) is 9.59 Å². The van der Waals surface area contributed by atoms with Crippen LogP contribution >= 0.6 is 11.8 Å². The Balaban J connectivity index is 2.03. The van der Waals surface area contributed by atoms with E-state index in [9.17, 15) is 14.0 Å². The number of halogens is 1. The number of ether oxygens (including phenoxy) is 1. The second-order valence-electron chi connectivity index (χ2n) is 6.24. The quantitative estimate of drug-likeness (QED) is 0.697. The van der Waals surface area contributed by atoms with Crippen LogP contribution in [0, 0.1) is 5.82 Å². The number of thioether (sulfide) groups is 1. The third-order valence-corrected chi connectivity index (χ3v) is 5.35. The Morgan fingerprint density at radius 3 is 2.46 bits per heavy atom. The molecule has 2 amide bonds. The van der Waals surface area contributed by atoms with Crippen LogP contribution in [0.1, 0.15) is 18.1 Å². The van der Waals surface area contributed by atoms with Crippen molar-refractivity contribution in [1.29, 1.82) is 0 Å². The Kier molecular flexibility index (Phi) is 8.32. The molecule has 0 bridgehead atoms. The summed E-state index contributed by atoms with van der Waals surface area (Å²) < 4.78 is 19.2. The van der Waals surface area contributed by atoms with Crippen LogP contribution < -0.4 is 10.1 Å². The molecule has 0 aliphatic heterocycles. The Bertz CT molecular complexity index is 798. The minimum atomic E-state index is -0.696. The van der Waals surface area contributed by atoms with E-state index in [-0.39, 0.29) is 24.1 Å². The highest BCUT2D eigenvalue weighted by molar-refractivity contribution is 7.99.